The van der Waals surface area contributed by atoms with E-state index in [1.807, 2.05) is 0 Å². The van der Waals surface area contributed by atoms with E-state index in [9.17, 15) is 18.0 Å². The van der Waals surface area contributed by atoms with Crippen LogP contribution in [0.15, 0.2) is 0 Å². The smallest absolute Gasteiger partial charge is 0.410 e. The molecule has 0 aromatic rings. The Labute approximate surface area is 135 Å². The van der Waals surface area contributed by atoms with Gasteiger partial charge in [0.15, 0.2) is 0 Å². The van der Waals surface area contributed by atoms with Crippen LogP contribution < -0.4 is 5.32 Å². The number of nitrogens with zero attached hydrogens (tertiary/aromatic N) is 1. The number of nitrogens with one attached hydrogen (secondary N) is 1. The van der Waals surface area contributed by atoms with Crippen LogP contribution in [0.5, 0.6) is 0 Å². The molecule has 1 amide bonds. The van der Waals surface area contributed by atoms with E-state index in [-0.39, 0.29) is 31.0 Å². The van der Waals surface area contributed by atoms with Gasteiger partial charge in [-0.15, -0.1) is 0 Å². The molecule has 2 unspecified atom stereocenters. The highest BCUT2D eigenvalue weighted by atomic mass is 19.4. The zero-order valence-electron chi connectivity index (χ0n) is 14.3. The number of rotatable bonds is 4. The minimum atomic E-state index is -4.21. The molecule has 1 N–H and O–H groups in total. The molecular formula is C16H27F3N2O2. The fourth-order valence-electron chi connectivity index (χ4n) is 3.22. The van der Waals surface area contributed by atoms with Gasteiger partial charge in [-0.25, -0.2) is 4.79 Å². The minimum Gasteiger partial charge on any atom is -0.444 e. The topological polar surface area (TPSA) is 41.6 Å². The Morgan fingerprint density at radius 3 is 2.43 bits per heavy atom. The summed E-state index contributed by atoms with van der Waals surface area (Å²) in [5, 5.41) is 2.74. The third kappa shape index (κ3) is 4.52. The first kappa shape index (κ1) is 18.4. The van der Waals surface area contributed by atoms with Crippen molar-refractivity contribution in [2.24, 2.45) is 0 Å². The van der Waals surface area contributed by atoms with Crippen LogP contribution in [0, 0.1) is 0 Å². The monoisotopic (exact) mass is 336 g/mol. The van der Waals surface area contributed by atoms with Crippen LogP contribution in [0.1, 0.15) is 59.8 Å². The minimum absolute atomic E-state index is 0.0589. The third-order valence-corrected chi connectivity index (χ3v) is 4.45. The highest BCUT2D eigenvalue weighted by molar-refractivity contribution is 5.68. The summed E-state index contributed by atoms with van der Waals surface area (Å²) in [6.45, 7) is 7.79. The molecule has 4 nitrogen and oxygen atoms in total. The van der Waals surface area contributed by atoms with E-state index in [0.29, 0.717) is 13.0 Å². The normalized spacial score (nSPS) is 25.3. The highest BCUT2D eigenvalue weighted by Crippen LogP contribution is 2.49. The van der Waals surface area contributed by atoms with Crippen LogP contribution in [0.2, 0.25) is 0 Å². The molecule has 1 aliphatic carbocycles. The molecule has 0 spiro atoms. The van der Waals surface area contributed by atoms with Gasteiger partial charge in [0.25, 0.3) is 0 Å². The average molecular weight is 336 g/mol. The highest BCUT2D eigenvalue weighted by Gasteiger charge is 2.63. The summed E-state index contributed by atoms with van der Waals surface area (Å²) in [7, 11) is 0. The quantitative estimate of drug-likeness (QED) is 0.848. The van der Waals surface area contributed by atoms with E-state index in [1.54, 1.807) is 32.6 Å². The Kier molecular flexibility index (Phi) is 4.91. The standard InChI is InChI=1S/C16H27F3N2O2/c1-11(20-15(7-8-15)16(17,18)19)10-12-6-5-9-21(12)13(22)23-14(2,3)4/h11-12,20H,5-10H2,1-4H3. The average Bonchev–Trinajstić information content (AvgIpc) is 2.98. The number of halogens is 3. The molecule has 2 rings (SSSR count). The van der Waals surface area contributed by atoms with Crippen molar-refractivity contribution in [3.05, 3.63) is 0 Å². The molecule has 2 fully saturated rings. The van der Waals surface area contributed by atoms with Gasteiger partial charge in [-0.05, 0) is 59.8 Å². The Morgan fingerprint density at radius 2 is 1.96 bits per heavy atom. The number of hydrogen-bond acceptors (Lipinski definition) is 3. The summed E-state index contributed by atoms with van der Waals surface area (Å²) in [5.74, 6) is 0. The van der Waals surface area contributed by atoms with Crippen LogP contribution in [0.3, 0.4) is 0 Å². The van der Waals surface area contributed by atoms with Crippen molar-refractivity contribution in [3.8, 4) is 0 Å². The maximum atomic E-state index is 13.0. The summed E-state index contributed by atoms with van der Waals surface area (Å²) in [5.41, 5.74) is -2.27. The number of ether oxygens (including phenoxy) is 1. The number of carbonyl (C=O) groups is 1. The SMILES string of the molecule is CC(CC1CCCN1C(=O)OC(C)(C)C)NC1(C(F)(F)F)CC1. The predicted molar refractivity (Wildman–Crippen MR) is 81.2 cm³/mol. The molecule has 0 aromatic heterocycles. The van der Waals surface area contributed by atoms with Gasteiger partial charge in [0.05, 0.1) is 0 Å². The zero-order valence-corrected chi connectivity index (χ0v) is 14.3. The summed E-state index contributed by atoms with van der Waals surface area (Å²) in [6.07, 6.45) is -2.11. The Balaban J connectivity index is 1.90. The van der Waals surface area contributed by atoms with Gasteiger partial charge in [0, 0.05) is 18.6 Å². The summed E-state index contributed by atoms with van der Waals surface area (Å²) < 4.78 is 44.4. The molecule has 2 atom stereocenters. The lowest BCUT2D eigenvalue weighted by Crippen LogP contribution is -2.50. The van der Waals surface area contributed by atoms with Gasteiger partial charge in [0.2, 0.25) is 0 Å². The maximum Gasteiger partial charge on any atom is 0.410 e. The second-order valence-corrected chi connectivity index (χ2v) is 7.83. The first-order valence-corrected chi connectivity index (χ1v) is 8.28. The molecule has 134 valence electrons. The second-order valence-electron chi connectivity index (χ2n) is 7.83. The molecule has 1 saturated carbocycles. The molecule has 7 heteroatoms. The number of amides is 1. The first-order valence-electron chi connectivity index (χ1n) is 8.28. The summed E-state index contributed by atoms with van der Waals surface area (Å²) in [6, 6.07) is -0.358. The predicted octanol–water partition coefficient (Wildman–Crippen LogP) is 3.85. The molecule has 0 aromatic carbocycles. The van der Waals surface area contributed by atoms with E-state index in [1.165, 1.54) is 0 Å². The van der Waals surface area contributed by atoms with Crippen LogP contribution >= 0.6 is 0 Å². The van der Waals surface area contributed by atoms with Crippen molar-refractivity contribution in [2.45, 2.75) is 89.2 Å². The lowest BCUT2D eigenvalue weighted by atomic mass is 10.0. The van der Waals surface area contributed by atoms with E-state index in [0.717, 1.165) is 12.8 Å². The van der Waals surface area contributed by atoms with Crippen molar-refractivity contribution in [1.82, 2.24) is 10.2 Å². The maximum absolute atomic E-state index is 13.0. The van der Waals surface area contributed by atoms with Gasteiger partial charge in [-0.2, -0.15) is 13.2 Å². The zero-order chi connectivity index (χ0) is 17.5. The van der Waals surface area contributed by atoms with E-state index in [4.69, 9.17) is 4.74 Å². The largest absolute Gasteiger partial charge is 0.444 e. The van der Waals surface area contributed by atoms with Gasteiger partial charge in [-0.1, -0.05) is 0 Å². The fourth-order valence-corrected chi connectivity index (χ4v) is 3.22. The molecule has 1 heterocycles. The molecule has 0 bridgehead atoms. The fraction of sp³-hybridized carbons (Fsp3) is 0.938. The van der Waals surface area contributed by atoms with Crippen LogP contribution in [0.4, 0.5) is 18.0 Å². The lowest BCUT2D eigenvalue weighted by Gasteiger charge is -2.31. The first-order chi connectivity index (χ1) is 10.4. The van der Waals surface area contributed by atoms with Crippen LogP contribution in [0.25, 0.3) is 0 Å². The van der Waals surface area contributed by atoms with Crippen molar-refractivity contribution in [1.29, 1.82) is 0 Å². The van der Waals surface area contributed by atoms with Gasteiger partial charge < -0.3 is 15.0 Å². The Morgan fingerprint density at radius 1 is 1.35 bits per heavy atom. The Hall–Kier alpha value is -0.980. The van der Waals surface area contributed by atoms with E-state index < -0.39 is 17.3 Å². The number of likely N-dealkylation sites (tertiary alicyclic amines) is 1. The van der Waals surface area contributed by atoms with Gasteiger partial charge in [0.1, 0.15) is 11.1 Å². The van der Waals surface area contributed by atoms with Crippen molar-refractivity contribution in [2.75, 3.05) is 6.54 Å². The molecule has 2 aliphatic rings. The lowest BCUT2D eigenvalue weighted by molar-refractivity contribution is -0.167. The number of alkyl halides is 3. The van der Waals surface area contributed by atoms with Crippen LogP contribution in [-0.4, -0.2) is 46.9 Å². The van der Waals surface area contributed by atoms with Crippen molar-refractivity contribution < 1.29 is 22.7 Å². The van der Waals surface area contributed by atoms with Gasteiger partial charge >= 0.3 is 12.3 Å². The Bertz CT molecular complexity index is 442. The van der Waals surface area contributed by atoms with Gasteiger partial charge in [-0.3, -0.25) is 0 Å². The number of carbonyl (C=O) groups excluding carboxylic acids is 1. The van der Waals surface area contributed by atoms with Crippen LogP contribution in [-0.2, 0) is 4.74 Å². The molecule has 1 saturated heterocycles. The van der Waals surface area contributed by atoms with Crippen molar-refractivity contribution in [3.63, 3.8) is 0 Å². The van der Waals surface area contributed by atoms with E-state index >= 15 is 0 Å². The second kappa shape index (κ2) is 6.15. The molecule has 23 heavy (non-hydrogen) atoms. The third-order valence-electron chi connectivity index (χ3n) is 4.45. The number of hydrogen-bond donors (Lipinski definition) is 1. The molecular weight excluding hydrogens is 309 g/mol. The van der Waals surface area contributed by atoms with Crippen molar-refractivity contribution >= 4 is 6.09 Å². The summed E-state index contributed by atoms with van der Waals surface area (Å²) in [4.78, 5) is 13.9. The molecule has 0 radical (unpaired) electrons. The van der Waals surface area contributed by atoms with E-state index in [2.05, 4.69) is 5.32 Å². The molecule has 1 aliphatic heterocycles. The summed E-state index contributed by atoms with van der Waals surface area (Å²) >= 11 is 0.